The zero-order valence-electron chi connectivity index (χ0n) is 6.71. The summed E-state index contributed by atoms with van der Waals surface area (Å²) >= 11 is 0. The van der Waals surface area contributed by atoms with E-state index in [2.05, 4.69) is 24.3 Å². The van der Waals surface area contributed by atoms with Gasteiger partial charge in [-0.1, -0.05) is 0 Å². The van der Waals surface area contributed by atoms with Gasteiger partial charge in [-0.05, 0) is 14.1 Å². The summed E-state index contributed by atoms with van der Waals surface area (Å²) in [5.41, 5.74) is 0. The molecule has 0 aliphatic carbocycles. The molecule has 0 amide bonds. The first kappa shape index (κ1) is 7.98. The third-order valence-corrected chi connectivity index (χ3v) is 1.51. The smallest absolute Gasteiger partial charge is 0.0649 e. The quantitative estimate of drug-likeness (QED) is 0.523. The van der Waals surface area contributed by atoms with E-state index < -0.39 is 0 Å². The molecule has 0 saturated carbocycles. The maximum atomic E-state index is 5.26. The Morgan fingerprint density at radius 1 is 1.60 bits per heavy atom. The van der Waals surface area contributed by atoms with E-state index in [-0.39, 0.29) is 0 Å². The molecule has 1 aliphatic heterocycles. The van der Waals surface area contributed by atoms with Gasteiger partial charge in [0.05, 0.1) is 19.3 Å². The molecule has 3 heteroatoms. The lowest BCUT2D eigenvalue weighted by Gasteiger charge is -2.24. The summed E-state index contributed by atoms with van der Waals surface area (Å²) in [6.45, 7) is 3.50. The second-order valence-electron chi connectivity index (χ2n) is 2.90. The predicted octanol–water partition coefficient (Wildman–Crippen LogP) is -0.449. The van der Waals surface area contributed by atoms with Gasteiger partial charge in [0.2, 0.25) is 0 Å². The Balaban J connectivity index is 2.13. The molecule has 0 bridgehead atoms. The van der Waals surface area contributed by atoms with Gasteiger partial charge in [-0.25, -0.2) is 5.32 Å². The van der Waals surface area contributed by atoms with Crippen molar-refractivity contribution < 1.29 is 4.74 Å². The Bertz CT molecular complexity index is 89.6. The van der Waals surface area contributed by atoms with Gasteiger partial charge < -0.3 is 9.64 Å². The molecule has 0 N–H and O–H groups in total. The van der Waals surface area contributed by atoms with Gasteiger partial charge in [0.15, 0.2) is 0 Å². The third kappa shape index (κ3) is 2.64. The Morgan fingerprint density at radius 2 is 2.40 bits per heavy atom. The van der Waals surface area contributed by atoms with E-state index in [1.807, 2.05) is 0 Å². The van der Waals surface area contributed by atoms with E-state index in [9.17, 15) is 0 Å². The van der Waals surface area contributed by atoms with Gasteiger partial charge in [0.1, 0.15) is 0 Å². The van der Waals surface area contributed by atoms with E-state index in [1.54, 1.807) is 0 Å². The first-order valence-electron chi connectivity index (χ1n) is 3.68. The summed E-state index contributed by atoms with van der Waals surface area (Å²) in [6.07, 6.45) is 0. The number of nitrogens with zero attached hydrogens (tertiary/aromatic N) is 2. The maximum absolute atomic E-state index is 5.26. The van der Waals surface area contributed by atoms with Crippen molar-refractivity contribution in [2.75, 3.05) is 40.4 Å². The Labute approximate surface area is 62.3 Å². The molecule has 1 aliphatic rings. The second-order valence-corrected chi connectivity index (χ2v) is 2.90. The number of morpholine rings is 1. The number of likely N-dealkylation sites (N-methyl/N-ethyl adjacent to an activating group) is 1. The lowest BCUT2D eigenvalue weighted by molar-refractivity contribution is 0.0657. The monoisotopic (exact) mass is 143 g/mol. The minimum absolute atomic E-state index is 0.406. The van der Waals surface area contributed by atoms with Crippen LogP contribution in [-0.2, 0) is 4.74 Å². The predicted molar refractivity (Wildman–Crippen MR) is 40.2 cm³/mol. The molecular formula is C7H15N2O. The van der Waals surface area contributed by atoms with Crippen LogP contribution in [0.1, 0.15) is 0 Å². The van der Waals surface area contributed by atoms with Crippen LogP contribution in [0.4, 0.5) is 0 Å². The SMILES string of the molecule is CN(C)CC1COCC[N]1. The van der Waals surface area contributed by atoms with Gasteiger partial charge in [-0.3, -0.25) is 0 Å². The average molecular weight is 143 g/mol. The Kier molecular flexibility index (Phi) is 3.12. The fraction of sp³-hybridized carbons (Fsp3) is 1.00. The fourth-order valence-electron chi connectivity index (χ4n) is 1.10. The summed E-state index contributed by atoms with van der Waals surface area (Å²) in [7, 11) is 4.12. The highest BCUT2D eigenvalue weighted by molar-refractivity contribution is 4.71. The maximum Gasteiger partial charge on any atom is 0.0649 e. The van der Waals surface area contributed by atoms with Crippen molar-refractivity contribution in [2.24, 2.45) is 0 Å². The van der Waals surface area contributed by atoms with E-state index in [0.717, 1.165) is 26.3 Å². The van der Waals surface area contributed by atoms with Crippen molar-refractivity contribution in [3.63, 3.8) is 0 Å². The molecule has 59 valence electrons. The average Bonchev–Trinajstić information content (AvgIpc) is 1.88. The minimum Gasteiger partial charge on any atom is -0.378 e. The normalized spacial score (nSPS) is 27.3. The molecule has 3 nitrogen and oxygen atoms in total. The van der Waals surface area contributed by atoms with Crippen molar-refractivity contribution >= 4 is 0 Å². The van der Waals surface area contributed by atoms with E-state index in [4.69, 9.17) is 4.74 Å². The van der Waals surface area contributed by atoms with Crippen molar-refractivity contribution in [3.05, 3.63) is 0 Å². The standard InChI is InChI=1S/C7H15N2O/c1-9(2)5-7-6-10-4-3-8-7/h7H,3-6H2,1-2H3. The number of ether oxygens (including phenoxy) is 1. The summed E-state index contributed by atoms with van der Waals surface area (Å²) in [5.74, 6) is 0. The van der Waals surface area contributed by atoms with Crippen molar-refractivity contribution in [3.8, 4) is 0 Å². The summed E-state index contributed by atoms with van der Waals surface area (Å²) in [6, 6.07) is 0.406. The van der Waals surface area contributed by atoms with Crippen LogP contribution < -0.4 is 5.32 Å². The molecule has 1 radical (unpaired) electrons. The summed E-state index contributed by atoms with van der Waals surface area (Å²) in [5, 5.41) is 4.40. The zero-order chi connectivity index (χ0) is 7.40. The van der Waals surface area contributed by atoms with Gasteiger partial charge in [0, 0.05) is 13.1 Å². The molecule has 1 fully saturated rings. The highest BCUT2D eigenvalue weighted by Crippen LogP contribution is 1.95. The Hall–Kier alpha value is -0.120. The molecule has 0 aromatic rings. The molecule has 1 unspecified atom stereocenters. The van der Waals surface area contributed by atoms with Crippen LogP contribution >= 0.6 is 0 Å². The Morgan fingerprint density at radius 3 is 2.90 bits per heavy atom. The molecule has 1 atom stereocenters. The summed E-state index contributed by atoms with van der Waals surface area (Å²) < 4.78 is 5.26. The van der Waals surface area contributed by atoms with Crippen LogP contribution in [0, 0.1) is 0 Å². The molecule has 1 saturated heterocycles. The third-order valence-electron chi connectivity index (χ3n) is 1.51. The van der Waals surface area contributed by atoms with E-state index >= 15 is 0 Å². The molecule has 0 aromatic heterocycles. The van der Waals surface area contributed by atoms with Crippen LogP contribution in [0.3, 0.4) is 0 Å². The molecular weight excluding hydrogens is 128 g/mol. The minimum atomic E-state index is 0.406. The van der Waals surface area contributed by atoms with E-state index in [1.165, 1.54) is 0 Å². The first-order chi connectivity index (χ1) is 4.79. The van der Waals surface area contributed by atoms with Gasteiger partial charge in [0.25, 0.3) is 0 Å². The largest absolute Gasteiger partial charge is 0.378 e. The van der Waals surface area contributed by atoms with Gasteiger partial charge in [-0.15, -0.1) is 0 Å². The van der Waals surface area contributed by atoms with Crippen molar-refractivity contribution in [1.29, 1.82) is 0 Å². The highest BCUT2D eigenvalue weighted by atomic mass is 16.5. The topological polar surface area (TPSA) is 26.6 Å². The zero-order valence-corrected chi connectivity index (χ0v) is 6.71. The van der Waals surface area contributed by atoms with Crippen molar-refractivity contribution in [1.82, 2.24) is 10.2 Å². The number of hydrogen-bond acceptors (Lipinski definition) is 2. The molecule has 10 heavy (non-hydrogen) atoms. The lowest BCUT2D eigenvalue weighted by Crippen LogP contribution is -2.42. The van der Waals surface area contributed by atoms with Gasteiger partial charge >= 0.3 is 0 Å². The van der Waals surface area contributed by atoms with Crippen LogP contribution in [0.25, 0.3) is 0 Å². The summed E-state index contributed by atoms with van der Waals surface area (Å²) in [4.78, 5) is 2.14. The molecule has 0 aromatic carbocycles. The fourth-order valence-corrected chi connectivity index (χ4v) is 1.10. The number of rotatable bonds is 2. The lowest BCUT2D eigenvalue weighted by atomic mass is 10.3. The van der Waals surface area contributed by atoms with E-state index in [0.29, 0.717) is 6.04 Å². The number of hydrogen-bond donors (Lipinski definition) is 0. The van der Waals surface area contributed by atoms with Crippen LogP contribution in [0.15, 0.2) is 0 Å². The highest BCUT2D eigenvalue weighted by Gasteiger charge is 2.14. The molecule has 1 heterocycles. The van der Waals surface area contributed by atoms with Crippen LogP contribution in [-0.4, -0.2) is 51.3 Å². The van der Waals surface area contributed by atoms with Crippen molar-refractivity contribution in [2.45, 2.75) is 6.04 Å². The first-order valence-corrected chi connectivity index (χ1v) is 3.68. The second kappa shape index (κ2) is 3.91. The van der Waals surface area contributed by atoms with Gasteiger partial charge in [-0.2, -0.15) is 0 Å². The van der Waals surface area contributed by atoms with Crippen LogP contribution in [0.5, 0.6) is 0 Å². The molecule has 1 rings (SSSR count). The van der Waals surface area contributed by atoms with Crippen LogP contribution in [0.2, 0.25) is 0 Å². The molecule has 0 spiro atoms.